The zero-order valence-electron chi connectivity index (χ0n) is 8.96. The first-order valence-corrected chi connectivity index (χ1v) is 6.26. The van der Waals surface area contributed by atoms with Gasteiger partial charge >= 0.3 is 0 Å². The van der Waals surface area contributed by atoms with Gasteiger partial charge in [-0.1, -0.05) is 29.6 Å². The van der Waals surface area contributed by atoms with E-state index in [2.05, 4.69) is 0 Å². The molecule has 2 nitrogen and oxygen atoms in total. The van der Waals surface area contributed by atoms with Crippen LogP contribution in [0, 0.1) is 5.92 Å². The number of hydrogen-bond donors (Lipinski definition) is 1. The monoisotopic (exact) mass is 259 g/mol. The van der Waals surface area contributed by atoms with Gasteiger partial charge in [-0.15, -0.1) is 0 Å². The lowest BCUT2D eigenvalue weighted by Crippen LogP contribution is -2.28. The molecule has 0 heterocycles. The molecule has 1 aliphatic carbocycles. The minimum absolute atomic E-state index is 0.280. The zero-order chi connectivity index (χ0) is 11.5. The topological polar surface area (TPSA) is 35.2 Å². The summed E-state index contributed by atoms with van der Waals surface area (Å²) in [5.74, 6) is 1.22. The van der Waals surface area contributed by atoms with Crippen LogP contribution < -0.4 is 10.5 Å². The number of halogens is 2. The van der Waals surface area contributed by atoms with E-state index in [1.807, 2.05) is 6.07 Å². The van der Waals surface area contributed by atoms with Crippen molar-refractivity contribution in [3.63, 3.8) is 0 Å². The number of hydrogen-bond acceptors (Lipinski definition) is 2. The van der Waals surface area contributed by atoms with Crippen LogP contribution in [0.1, 0.15) is 19.3 Å². The van der Waals surface area contributed by atoms with Gasteiger partial charge < -0.3 is 10.5 Å². The van der Waals surface area contributed by atoms with Crippen LogP contribution in [0.4, 0.5) is 0 Å². The van der Waals surface area contributed by atoms with Gasteiger partial charge in [0, 0.05) is 18.0 Å². The number of benzene rings is 1. The highest BCUT2D eigenvalue weighted by atomic mass is 35.5. The molecular formula is C12H15Cl2NO. The van der Waals surface area contributed by atoms with Gasteiger partial charge in [0.1, 0.15) is 5.75 Å². The van der Waals surface area contributed by atoms with Crippen LogP contribution >= 0.6 is 23.2 Å². The molecule has 2 atom stereocenters. The molecule has 4 heteroatoms. The summed E-state index contributed by atoms with van der Waals surface area (Å²) in [5.41, 5.74) is 5.97. The summed E-state index contributed by atoms with van der Waals surface area (Å²) in [6.07, 6.45) is 3.47. The van der Waals surface area contributed by atoms with Gasteiger partial charge in [0.2, 0.25) is 0 Å². The molecule has 1 aliphatic rings. The molecule has 1 saturated carbocycles. The molecule has 1 aromatic carbocycles. The van der Waals surface area contributed by atoms with Crippen molar-refractivity contribution in [3.8, 4) is 5.75 Å². The third-order valence-corrected chi connectivity index (χ3v) is 3.81. The van der Waals surface area contributed by atoms with Gasteiger partial charge in [-0.3, -0.25) is 0 Å². The van der Waals surface area contributed by atoms with E-state index in [0.717, 1.165) is 18.6 Å². The lowest BCUT2D eigenvalue weighted by atomic mass is 10.1. The molecule has 0 bridgehead atoms. The average molecular weight is 260 g/mol. The maximum Gasteiger partial charge on any atom is 0.120 e. The summed E-state index contributed by atoms with van der Waals surface area (Å²) < 4.78 is 5.67. The molecule has 0 aliphatic heterocycles. The maximum absolute atomic E-state index is 5.97. The second-order valence-electron chi connectivity index (χ2n) is 4.24. The highest BCUT2D eigenvalue weighted by Crippen LogP contribution is 2.28. The van der Waals surface area contributed by atoms with Crippen LogP contribution in [0.25, 0.3) is 0 Å². The van der Waals surface area contributed by atoms with Gasteiger partial charge in [0.05, 0.1) is 16.7 Å². The first-order chi connectivity index (χ1) is 7.66. The van der Waals surface area contributed by atoms with Gasteiger partial charge in [0.15, 0.2) is 0 Å². The summed E-state index contributed by atoms with van der Waals surface area (Å²) in [5, 5.41) is 1.07. The highest BCUT2D eigenvalue weighted by molar-refractivity contribution is 6.42. The second kappa shape index (κ2) is 5.26. The third kappa shape index (κ3) is 2.82. The number of ether oxygens (including phenoxy) is 1. The minimum Gasteiger partial charge on any atom is -0.493 e. The van der Waals surface area contributed by atoms with Crippen molar-refractivity contribution in [2.75, 3.05) is 6.61 Å². The Morgan fingerprint density at radius 1 is 1.25 bits per heavy atom. The second-order valence-corrected chi connectivity index (χ2v) is 5.06. The van der Waals surface area contributed by atoms with Gasteiger partial charge in [-0.05, 0) is 25.0 Å². The quantitative estimate of drug-likeness (QED) is 0.902. The normalized spacial score (nSPS) is 24.7. The van der Waals surface area contributed by atoms with E-state index in [1.54, 1.807) is 12.1 Å². The highest BCUT2D eigenvalue weighted by Gasteiger charge is 2.24. The molecule has 16 heavy (non-hydrogen) atoms. The van der Waals surface area contributed by atoms with Crippen molar-refractivity contribution in [2.45, 2.75) is 25.3 Å². The molecule has 0 aromatic heterocycles. The van der Waals surface area contributed by atoms with E-state index < -0.39 is 0 Å². The molecule has 0 radical (unpaired) electrons. The van der Waals surface area contributed by atoms with Crippen molar-refractivity contribution in [2.24, 2.45) is 11.7 Å². The molecule has 2 N–H and O–H groups in total. The standard InChI is InChI=1S/C12H15Cl2NO/c13-10-5-4-9(6-11(10)14)16-7-8-2-1-3-12(8)15/h4-6,8,12H,1-3,7,15H2/t8-,12-/m1/s1. The summed E-state index contributed by atoms with van der Waals surface area (Å²) in [6, 6.07) is 5.59. The van der Waals surface area contributed by atoms with Crippen molar-refractivity contribution in [1.82, 2.24) is 0 Å². The largest absolute Gasteiger partial charge is 0.493 e. The van der Waals surface area contributed by atoms with E-state index in [4.69, 9.17) is 33.7 Å². The minimum atomic E-state index is 0.280. The molecule has 0 spiro atoms. The Hall–Kier alpha value is -0.440. The van der Waals surface area contributed by atoms with Crippen LogP contribution in [0.3, 0.4) is 0 Å². The third-order valence-electron chi connectivity index (χ3n) is 3.07. The van der Waals surface area contributed by atoms with Gasteiger partial charge in [0.25, 0.3) is 0 Å². The summed E-state index contributed by atoms with van der Waals surface area (Å²) in [4.78, 5) is 0. The fourth-order valence-electron chi connectivity index (χ4n) is 2.04. The molecular weight excluding hydrogens is 245 g/mol. The van der Waals surface area contributed by atoms with Crippen molar-refractivity contribution in [1.29, 1.82) is 0 Å². The van der Waals surface area contributed by atoms with Crippen molar-refractivity contribution >= 4 is 23.2 Å². The lowest BCUT2D eigenvalue weighted by Gasteiger charge is -2.16. The molecule has 0 amide bonds. The number of rotatable bonds is 3. The van der Waals surface area contributed by atoms with E-state index >= 15 is 0 Å². The first kappa shape index (κ1) is 12.0. The Bertz CT molecular complexity index is 370. The van der Waals surface area contributed by atoms with E-state index in [0.29, 0.717) is 22.6 Å². The van der Waals surface area contributed by atoms with Crippen LogP contribution in [0.2, 0.25) is 10.0 Å². The Balaban J connectivity index is 1.91. The fraction of sp³-hybridized carbons (Fsp3) is 0.500. The summed E-state index contributed by atoms with van der Waals surface area (Å²) >= 11 is 11.7. The maximum atomic E-state index is 5.97. The molecule has 0 unspecified atom stereocenters. The Morgan fingerprint density at radius 2 is 2.06 bits per heavy atom. The Kier molecular flexibility index (Phi) is 3.95. The van der Waals surface area contributed by atoms with Crippen molar-refractivity contribution in [3.05, 3.63) is 28.2 Å². The molecule has 0 saturated heterocycles. The SMILES string of the molecule is N[C@@H]1CCC[C@@H]1COc1ccc(Cl)c(Cl)c1. The molecule has 88 valence electrons. The lowest BCUT2D eigenvalue weighted by molar-refractivity contribution is 0.239. The van der Waals surface area contributed by atoms with Gasteiger partial charge in [-0.2, -0.15) is 0 Å². The Morgan fingerprint density at radius 3 is 2.69 bits per heavy atom. The fourth-order valence-corrected chi connectivity index (χ4v) is 2.33. The van der Waals surface area contributed by atoms with Crippen molar-refractivity contribution < 1.29 is 4.74 Å². The smallest absolute Gasteiger partial charge is 0.120 e. The zero-order valence-corrected chi connectivity index (χ0v) is 10.5. The summed E-state index contributed by atoms with van der Waals surface area (Å²) in [6.45, 7) is 0.666. The van der Waals surface area contributed by atoms with Crippen LogP contribution in [0.15, 0.2) is 18.2 Å². The van der Waals surface area contributed by atoms with E-state index in [1.165, 1.54) is 6.42 Å². The van der Waals surface area contributed by atoms with Crippen LogP contribution in [0.5, 0.6) is 5.75 Å². The molecule has 2 rings (SSSR count). The first-order valence-electron chi connectivity index (χ1n) is 5.50. The molecule has 1 aromatic rings. The average Bonchev–Trinajstić information content (AvgIpc) is 2.66. The van der Waals surface area contributed by atoms with Crippen LogP contribution in [-0.2, 0) is 0 Å². The summed E-state index contributed by atoms with van der Waals surface area (Å²) in [7, 11) is 0. The predicted molar refractivity (Wildman–Crippen MR) is 67.3 cm³/mol. The van der Waals surface area contributed by atoms with E-state index in [9.17, 15) is 0 Å². The number of nitrogens with two attached hydrogens (primary N) is 1. The Labute approximate surface area is 106 Å². The van der Waals surface area contributed by atoms with E-state index in [-0.39, 0.29) is 6.04 Å². The predicted octanol–water partition coefficient (Wildman–Crippen LogP) is 3.50. The van der Waals surface area contributed by atoms with Crippen LogP contribution in [-0.4, -0.2) is 12.6 Å². The molecule has 1 fully saturated rings. The van der Waals surface area contributed by atoms with Gasteiger partial charge in [-0.25, -0.2) is 0 Å².